The van der Waals surface area contributed by atoms with Crippen molar-refractivity contribution in [1.29, 1.82) is 0 Å². The topological polar surface area (TPSA) is 12.0 Å². The predicted octanol–water partition coefficient (Wildman–Crippen LogP) is 8.51. The Morgan fingerprint density at radius 3 is 1.67 bits per heavy atom. The van der Waals surface area contributed by atoms with Crippen LogP contribution in [-0.4, -0.2) is 0 Å². The van der Waals surface area contributed by atoms with E-state index in [4.69, 9.17) is 0 Å². The van der Waals surface area contributed by atoms with Crippen molar-refractivity contribution < 1.29 is 0 Å². The minimum Gasteiger partial charge on any atom is -0.361 e. The fraction of sp³-hybridized carbons (Fsp3) is 0. The molecule has 33 heavy (non-hydrogen) atoms. The zero-order chi connectivity index (χ0) is 22.3. The molecule has 0 aliphatic carbocycles. The highest BCUT2D eigenvalue weighted by atomic mass is 14.8. The number of rotatable bonds is 6. The van der Waals surface area contributed by atoms with Gasteiger partial charge in [-0.1, -0.05) is 133 Å². The molecule has 1 heteroatoms. The summed E-state index contributed by atoms with van der Waals surface area (Å²) >= 11 is 0. The maximum Gasteiger partial charge on any atom is 0.0460 e. The lowest BCUT2D eigenvalue weighted by Crippen LogP contribution is -1.95. The molecule has 0 aliphatic heterocycles. The largest absolute Gasteiger partial charge is 0.361 e. The second-order valence-corrected chi connectivity index (χ2v) is 7.93. The normalized spacial score (nSPS) is 10.9. The second-order valence-electron chi connectivity index (χ2n) is 7.93. The highest BCUT2D eigenvalue weighted by Crippen LogP contribution is 2.30. The maximum atomic E-state index is 3.60. The molecule has 5 rings (SSSR count). The van der Waals surface area contributed by atoms with Crippen LogP contribution in [0, 0.1) is 0 Å². The standard InChI is InChI=1S/C32H25N/c1-4-12-25(13-5-1)20-21-28-22-23-32(30-19-11-10-18-29(28)30)33-24-31(26-14-6-2-7-15-26)27-16-8-3-9-17-27/h1-24,33H/b21-20+. The molecule has 0 amide bonds. The Kier molecular flexibility index (Phi) is 6.13. The lowest BCUT2D eigenvalue weighted by Gasteiger charge is -2.13. The van der Waals surface area contributed by atoms with Crippen LogP contribution >= 0.6 is 0 Å². The van der Waals surface area contributed by atoms with Crippen LogP contribution in [0.15, 0.2) is 134 Å². The molecule has 1 nitrogen and oxygen atoms in total. The van der Waals surface area contributed by atoms with Crippen LogP contribution in [0.1, 0.15) is 22.3 Å². The molecule has 0 radical (unpaired) electrons. The molecule has 0 aromatic heterocycles. The summed E-state index contributed by atoms with van der Waals surface area (Å²) in [4.78, 5) is 0. The molecule has 0 saturated heterocycles. The van der Waals surface area contributed by atoms with E-state index in [9.17, 15) is 0 Å². The number of anilines is 1. The molecule has 158 valence electrons. The lowest BCUT2D eigenvalue weighted by molar-refractivity contribution is 1.52. The van der Waals surface area contributed by atoms with Gasteiger partial charge in [-0.15, -0.1) is 0 Å². The summed E-state index contributed by atoms with van der Waals surface area (Å²) in [5.74, 6) is 0. The van der Waals surface area contributed by atoms with Gasteiger partial charge in [0.15, 0.2) is 0 Å². The van der Waals surface area contributed by atoms with E-state index < -0.39 is 0 Å². The van der Waals surface area contributed by atoms with E-state index in [1.807, 2.05) is 6.07 Å². The summed E-state index contributed by atoms with van der Waals surface area (Å²) in [6.07, 6.45) is 6.47. The first-order chi connectivity index (χ1) is 16.4. The van der Waals surface area contributed by atoms with Gasteiger partial charge in [0.05, 0.1) is 0 Å². The van der Waals surface area contributed by atoms with Crippen LogP contribution in [0.2, 0.25) is 0 Å². The van der Waals surface area contributed by atoms with Crippen LogP contribution in [0.4, 0.5) is 5.69 Å². The van der Waals surface area contributed by atoms with E-state index in [-0.39, 0.29) is 0 Å². The summed E-state index contributed by atoms with van der Waals surface area (Å²) in [7, 11) is 0. The number of fused-ring (bicyclic) bond motifs is 1. The Labute approximate surface area is 195 Å². The third-order valence-electron chi connectivity index (χ3n) is 5.75. The average molecular weight is 424 g/mol. The Bertz CT molecular complexity index is 1360. The molecular formula is C32H25N. The van der Waals surface area contributed by atoms with Crippen molar-refractivity contribution in [2.24, 2.45) is 0 Å². The highest BCUT2D eigenvalue weighted by molar-refractivity contribution is 6.01. The fourth-order valence-electron chi connectivity index (χ4n) is 4.06. The molecule has 0 aliphatic rings. The molecule has 1 N–H and O–H groups in total. The monoisotopic (exact) mass is 423 g/mol. The molecule has 0 spiro atoms. The highest BCUT2D eigenvalue weighted by Gasteiger charge is 2.07. The molecule has 0 unspecified atom stereocenters. The van der Waals surface area contributed by atoms with E-state index in [1.165, 1.54) is 33.0 Å². The van der Waals surface area contributed by atoms with Crippen LogP contribution in [0.25, 0.3) is 28.5 Å². The van der Waals surface area contributed by atoms with Gasteiger partial charge in [-0.25, -0.2) is 0 Å². The quantitative estimate of drug-likeness (QED) is 0.270. The number of hydrogen-bond acceptors (Lipinski definition) is 1. The van der Waals surface area contributed by atoms with Crippen molar-refractivity contribution >= 4 is 34.2 Å². The van der Waals surface area contributed by atoms with E-state index in [0.717, 1.165) is 11.3 Å². The smallest absolute Gasteiger partial charge is 0.0460 e. The predicted molar refractivity (Wildman–Crippen MR) is 143 cm³/mol. The van der Waals surface area contributed by atoms with Crippen molar-refractivity contribution in [3.63, 3.8) is 0 Å². The van der Waals surface area contributed by atoms with Gasteiger partial charge in [-0.2, -0.15) is 0 Å². The molecule has 5 aromatic rings. The molecule has 0 heterocycles. The van der Waals surface area contributed by atoms with E-state index >= 15 is 0 Å². The Balaban J connectivity index is 1.52. The van der Waals surface area contributed by atoms with Crippen molar-refractivity contribution in [3.05, 3.63) is 156 Å². The fourth-order valence-corrected chi connectivity index (χ4v) is 4.06. The number of nitrogens with one attached hydrogen (secondary N) is 1. The van der Waals surface area contributed by atoms with E-state index in [0.29, 0.717) is 0 Å². The zero-order valence-electron chi connectivity index (χ0n) is 18.4. The first kappa shape index (κ1) is 20.5. The zero-order valence-corrected chi connectivity index (χ0v) is 18.4. The van der Waals surface area contributed by atoms with Gasteiger partial charge in [0.25, 0.3) is 0 Å². The van der Waals surface area contributed by atoms with Gasteiger partial charge in [0.2, 0.25) is 0 Å². The van der Waals surface area contributed by atoms with E-state index in [1.54, 1.807) is 0 Å². The Morgan fingerprint density at radius 1 is 0.485 bits per heavy atom. The van der Waals surface area contributed by atoms with Crippen molar-refractivity contribution in [1.82, 2.24) is 0 Å². The van der Waals surface area contributed by atoms with Gasteiger partial charge >= 0.3 is 0 Å². The first-order valence-corrected chi connectivity index (χ1v) is 11.2. The second kappa shape index (κ2) is 9.84. The number of hydrogen-bond donors (Lipinski definition) is 1. The van der Waals surface area contributed by atoms with Crippen molar-refractivity contribution in [2.45, 2.75) is 0 Å². The molecule has 5 aromatic carbocycles. The molecule has 0 atom stereocenters. The first-order valence-electron chi connectivity index (χ1n) is 11.2. The average Bonchev–Trinajstić information content (AvgIpc) is 2.90. The minimum absolute atomic E-state index is 1.09. The van der Waals surface area contributed by atoms with E-state index in [2.05, 4.69) is 145 Å². The van der Waals surface area contributed by atoms with Gasteiger partial charge < -0.3 is 5.32 Å². The van der Waals surface area contributed by atoms with Crippen LogP contribution in [-0.2, 0) is 0 Å². The van der Waals surface area contributed by atoms with Gasteiger partial charge in [0.1, 0.15) is 0 Å². The summed E-state index contributed by atoms with van der Waals surface area (Å²) in [5, 5.41) is 6.02. The summed E-state index contributed by atoms with van der Waals surface area (Å²) in [5.41, 5.74) is 7.02. The number of benzene rings is 5. The Morgan fingerprint density at radius 2 is 1.03 bits per heavy atom. The van der Waals surface area contributed by atoms with Gasteiger partial charge in [-0.3, -0.25) is 0 Å². The SMILES string of the molecule is C(Nc1ccc(/C=C/c2ccccc2)c2ccccc12)=C(c1ccccc1)c1ccccc1. The Hall–Kier alpha value is -4.36. The third-order valence-corrected chi connectivity index (χ3v) is 5.75. The van der Waals surface area contributed by atoms with Crippen LogP contribution in [0.5, 0.6) is 0 Å². The van der Waals surface area contributed by atoms with Crippen molar-refractivity contribution in [3.8, 4) is 0 Å². The summed E-state index contributed by atoms with van der Waals surface area (Å²) in [6.45, 7) is 0. The lowest BCUT2D eigenvalue weighted by atomic mass is 9.98. The molecule has 0 bridgehead atoms. The molecular weight excluding hydrogens is 398 g/mol. The van der Waals surface area contributed by atoms with Crippen molar-refractivity contribution in [2.75, 3.05) is 5.32 Å². The summed E-state index contributed by atoms with van der Waals surface area (Å²) < 4.78 is 0. The minimum atomic E-state index is 1.09. The molecule has 0 saturated carbocycles. The third kappa shape index (κ3) is 4.78. The molecule has 0 fully saturated rings. The van der Waals surface area contributed by atoms with Gasteiger partial charge in [0, 0.05) is 22.8 Å². The van der Waals surface area contributed by atoms with Gasteiger partial charge in [-0.05, 0) is 33.7 Å². The maximum absolute atomic E-state index is 3.60. The van der Waals surface area contributed by atoms with Crippen LogP contribution < -0.4 is 5.32 Å². The van der Waals surface area contributed by atoms with Crippen LogP contribution in [0.3, 0.4) is 0 Å². The summed E-state index contributed by atoms with van der Waals surface area (Å²) in [6, 6.07) is 44.3.